The Kier molecular flexibility index (Phi) is 8.43. The third kappa shape index (κ3) is 5.86. The second-order valence-electron chi connectivity index (χ2n) is 7.32. The topological polar surface area (TPSA) is 129 Å². The van der Waals surface area contributed by atoms with Crippen LogP contribution >= 0.6 is 0 Å². The van der Waals surface area contributed by atoms with Gasteiger partial charge >= 0.3 is 0 Å². The first-order valence-electron chi connectivity index (χ1n) is 9.67. The highest BCUT2D eigenvalue weighted by molar-refractivity contribution is 5.90. The minimum absolute atomic E-state index is 0.0126. The number of rotatable bonds is 9. The molecule has 9 nitrogen and oxygen atoms in total. The molecule has 9 heteroatoms. The average molecular weight is 388 g/mol. The van der Waals surface area contributed by atoms with E-state index in [2.05, 4.69) is 5.32 Å². The van der Waals surface area contributed by atoms with Crippen LogP contribution in [0, 0.1) is 0 Å². The smallest absolute Gasteiger partial charge is 0.242 e. The van der Waals surface area contributed by atoms with Crippen LogP contribution in [0.4, 0.5) is 0 Å². The van der Waals surface area contributed by atoms with Crippen LogP contribution in [0.25, 0.3) is 0 Å². The van der Waals surface area contributed by atoms with Gasteiger partial charge in [-0.1, -0.05) is 12.8 Å². The highest BCUT2D eigenvalue weighted by Crippen LogP contribution is 2.22. The zero-order valence-corrected chi connectivity index (χ0v) is 16.0. The van der Waals surface area contributed by atoms with Crippen molar-refractivity contribution in [1.82, 2.24) is 10.2 Å². The predicted molar refractivity (Wildman–Crippen MR) is 95.6 cm³/mol. The van der Waals surface area contributed by atoms with Gasteiger partial charge in [-0.2, -0.15) is 0 Å². The monoisotopic (exact) mass is 388 g/mol. The van der Waals surface area contributed by atoms with E-state index >= 15 is 0 Å². The minimum Gasteiger partial charge on any atom is -0.388 e. The molecular formula is C18H32N2O7. The zero-order valence-electron chi connectivity index (χ0n) is 16.0. The number of aliphatic hydroxyl groups is 3. The molecule has 2 rings (SSSR count). The Morgan fingerprint density at radius 3 is 2.56 bits per heavy atom. The van der Waals surface area contributed by atoms with Gasteiger partial charge in [0.2, 0.25) is 11.8 Å². The molecule has 6 atom stereocenters. The molecule has 0 spiro atoms. The van der Waals surface area contributed by atoms with E-state index in [4.69, 9.17) is 9.47 Å². The Morgan fingerprint density at radius 2 is 1.89 bits per heavy atom. The van der Waals surface area contributed by atoms with Gasteiger partial charge in [-0.3, -0.25) is 9.59 Å². The number of carbonyl (C=O) groups is 2. The lowest BCUT2D eigenvalue weighted by Crippen LogP contribution is -2.57. The van der Waals surface area contributed by atoms with Crippen LogP contribution < -0.4 is 5.32 Å². The molecule has 156 valence electrons. The number of hydrogen-bond donors (Lipinski definition) is 4. The SMILES string of the molecule is C[C@@H]1O[C@H](OCCCCCCNC(=O)[C@@H]2CCC(=O)N2C)[C@@H](O)[C@H](O)[C@@H]1O. The summed E-state index contributed by atoms with van der Waals surface area (Å²) in [5.74, 6) is -0.0800. The van der Waals surface area contributed by atoms with Gasteiger partial charge in [0, 0.05) is 26.6 Å². The Bertz CT molecular complexity index is 504. The van der Waals surface area contributed by atoms with E-state index in [0.717, 1.165) is 25.7 Å². The first-order valence-corrected chi connectivity index (χ1v) is 9.67. The molecule has 4 N–H and O–H groups in total. The molecular weight excluding hydrogens is 356 g/mol. The summed E-state index contributed by atoms with van der Waals surface area (Å²) < 4.78 is 10.8. The molecule has 0 aromatic rings. The molecule has 2 heterocycles. The standard InChI is InChI=1S/C18H32N2O7/c1-11-14(22)15(23)16(24)18(27-11)26-10-6-4-3-5-9-19-17(25)12-7-8-13(21)20(12)2/h11-12,14-16,18,22-24H,3-10H2,1-2H3,(H,19,25)/t11-,12-,14+,15+,16-,18-/m0/s1. The number of unbranched alkanes of at least 4 members (excludes halogenated alkanes) is 3. The van der Waals surface area contributed by atoms with E-state index in [-0.39, 0.29) is 17.9 Å². The number of amides is 2. The summed E-state index contributed by atoms with van der Waals surface area (Å²) in [5, 5.41) is 32.1. The molecule has 27 heavy (non-hydrogen) atoms. The van der Waals surface area contributed by atoms with Gasteiger partial charge in [0.15, 0.2) is 6.29 Å². The van der Waals surface area contributed by atoms with Crippen molar-refractivity contribution >= 4 is 11.8 Å². The fourth-order valence-electron chi connectivity index (χ4n) is 3.37. The molecule has 2 saturated heterocycles. The molecule has 0 aromatic heterocycles. The largest absolute Gasteiger partial charge is 0.388 e. The minimum atomic E-state index is -1.28. The number of carbonyl (C=O) groups excluding carboxylic acids is 2. The lowest BCUT2D eigenvalue weighted by atomic mass is 10.0. The highest BCUT2D eigenvalue weighted by atomic mass is 16.7. The Balaban J connectivity index is 1.50. The maximum atomic E-state index is 12.0. The molecule has 0 bridgehead atoms. The molecule has 0 saturated carbocycles. The molecule has 0 radical (unpaired) electrons. The summed E-state index contributed by atoms with van der Waals surface area (Å²) in [7, 11) is 1.66. The number of hydrogen-bond acceptors (Lipinski definition) is 7. The number of ether oxygens (including phenoxy) is 2. The van der Waals surface area contributed by atoms with Crippen molar-refractivity contribution in [2.75, 3.05) is 20.2 Å². The van der Waals surface area contributed by atoms with Gasteiger partial charge in [-0.25, -0.2) is 0 Å². The number of aliphatic hydroxyl groups excluding tert-OH is 3. The third-order valence-corrected chi connectivity index (χ3v) is 5.26. The Morgan fingerprint density at radius 1 is 1.19 bits per heavy atom. The first-order chi connectivity index (χ1) is 12.8. The van der Waals surface area contributed by atoms with Crippen LogP contribution in [-0.4, -0.2) is 89.0 Å². The van der Waals surface area contributed by atoms with Crippen LogP contribution in [0.3, 0.4) is 0 Å². The van der Waals surface area contributed by atoms with Gasteiger partial charge < -0.3 is 35.0 Å². The molecule has 2 amide bonds. The van der Waals surface area contributed by atoms with Crippen molar-refractivity contribution < 1.29 is 34.4 Å². The summed E-state index contributed by atoms with van der Waals surface area (Å²) in [4.78, 5) is 25.0. The van der Waals surface area contributed by atoms with Crippen molar-refractivity contribution in [3.63, 3.8) is 0 Å². The van der Waals surface area contributed by atoms with Gasteiger partial charge in [-0.05, 0) is 26.2 Å². The van der Waals surface area contributed by atoms with Crippen molar-refractivity contribution in [3.8, 4) is 0 Å². The Labute approximate surface area is 159 Å². The van der Waals surface area contributed by atoms with E-state index < -0.39 is 30.7 Å². The average Bonchev–Trinajstić information content (AvgIpc) is 2.98. The Hall–Kier alpha value is -1.26. The molecule has 0 aliphatic carbocycles. The van der Waals surface area contributed by atoms with Crippen molar-refractivity contribution in [2.45, 2.75) is 82.2 Å². The first kappa shape index (κ1) is 22.0. The van der Waals surface area contributed by atoms with Crippen molar-refractivity contribution in [3.05, 3.63) is 0 Å². The van der Waals surface area contributed by atoms with Crippen LogP contribution in [0.5, 0.6) is 0 Å². The lowest BCUT2D eigenvalue weighted by Gasteiger charge is -2.38. The molecule has 2 fully saturated rings. The zero-order chi connectivity index (χ0) is 20.0. The van der Waals surface area contributed by atoms with Crippen LogP contribution in [0.2, 0.25) is 0 Å². The van der Waals surface area contributed by atoms with Gasteiger partial charge in [-0.15, -0.1) is 0 Å². The quantitative estimate of drug-likeness (QED) is 0.378. The predicted octanol–water partition coefficient (Wildman–Crippen LogP) is -0.872. The van der Waals surface area contributed by atoms with Crippen molar-refractivity contribution in [2.24, 2.45) is 0 Å². The normalized spacial score (nSPS) is 34.1. The molecule has 2 aliphatic heterocycles. The second-order valence-corrected chi connectivity index (χ2v) is 7.32. The van der Waals surface area contributed by atoms with Crippen LogP contribution in [-0.2, 0) is 19.1 Å². The summed E-state index contributed by atoms with van der Waals surface area (Å²) in [6, 6.07) is -0.343. The fourth-order valence-corrected chi connectivity index (χ4v) is 3.37. The van der Waals surface area contributed by atoms with E-state index in [9.17, 15) is 24.9 Å². The van der Waals surface area contributed by atoms with Gasteiger partial charge in [0.25, 0.3) is 0 Å². The van der Waals surface area contributed by atoms with Gasteiger partial charge in [0.05, 0.1) is 6.10 Å². The maximum Gasteiger partial charge on any atom is 0.242 e. The summed E-state index contributed by atoms with van der Waals surface area (Å²) in [6.45, 7) is 2.56. The van der Waals surface area contributed by atoms with Crippen molar-refractivity contribution in [1.29, 1.82) is 0 Å². The highest BCUT2D eigenvalue weighted by Gasteiger charge is 2.42. The lowest BCUT2D eigenvalue weighted by molar-refractivity contribution is -0.293. The maximum absolute atomic E-state index is 12.0. The molecule has 0 aromatic carbocycles. The van der Waals surface area contributed by atoms with Crippen LogP contribution in [0.15, 0.2) is 0 Å². The van der Waals surface area contributed by atoms with Crippen LogP contribution in [0.1, 0.15) is 45.4 Å². The number of nitrogens with zero attached hydrogens (tertiary/aromatic N) is 1. The van der Waals surface area contributed by atoms with E-state index in [1.165, 1.54) is 4.90 Å². The third-order valence-electron chi connectivity index (χ3n) is 5.26. The number of nitrogens with one attached hydrogen (secondary N) is 1. The summed E-state index contributed by atoms with van der Waals surface area (Å²) in [6.07, 6.45) is -0.819. The second kappa shape index (κ2) is 10.3. The molecule has 2 aliphatic rings. The van der Waals surface area contributed by atoms with E-state index in [0.29, 0.717) is 26.0 Å². The summed E-state index contributed by atoms with van der Waals surface area (Å²) >= 11 is 0. The number of likely N-dealkylation sites (N-methyl/N-ethyl adjacent to an activating group) is 1. The fraction of sp³-hybridized carbons (Fsp3) is 0.889. The summed E-state index contributed by atoms with van der Waals surface area (Å²) in [5.41, 5.74) is 0. The van der Waals surface area contributed by atoms with Gasteiger partial charge in [0.1, 0.15) is 24.4 Å². The van der Waals surface area contributed by atoms with E-state index in [1.54, 1.807) is 14.0 Å². The molecule has 0 unspecified atom stereocenters. The number of likely N-dealkylation sites (tertiary alicyclic amines) is 1. The van der Waals surface area contributed by atoms with E-state index in [1.807, 2.05) is 0 Å².